The molecule has 0 spiro atoms. The lowest BCUT2D eigenvalue weighted by atomic mass is 9.85. The molecule has 0 radical (unpaired) electrons. The Morgan fingerprint density at radius 1 is 1.17 bits per heavy atom. The predicted molar refractivity (Wildman–Crippen MR) is 82.9 cm³/mol. The van der Waals surface area contributed by atoms with E-state index in [4.69, 9.17) is 4.74 Å². The van der Waals surface area contributed by atoms with E-state index in [0.29, 0.717) is 18.4 Å². The molecule has 0 unspecified atom stereocenters. The molecule has 1 aliphatic carbocycles. The van der Waals surface area contributed by atoms with Gasteiger partial charge in [-0.25, -0.2) is 9.18 Å². The van der Waals surface area contributed by atoms with Gasteiger partial charge in [0.15, 0.2) is 0 Å². The minimum Gasteiger partial charge on any atom is -0.459 e. The SMILES string of the molecule is C[C@@H](C(=O)OCc1ccc(F)cc1)N1C(=O)[C@@H]2CC=CC[C@H]2C1=O. The topological polar surface area (TPSA) is 63.7 Å². The Balaban J connectivity index is 1.64. The van der Waals surface area contributed by atoms with E-state index in [1.165, 1.54) is 31.2 Å². The number of esters is 1. The molecule has 6 heteroatoms. The molecule has 3 atom stereocenters. The van der Waals surface area contributed by atoms with Crippen LogP contribution < -0.4 is 0 Å². The highest BCUT2D eigenvalue weighted by Gasteiger charge is 2.50. The number of rotatable bonds is 4. The molecular weight excluding hydrogens is 313 g/mol. The van der Waals surface area contributed by atoms with Gasteiger partial charge in [0.2, 0.25) is 11.8 Å². The van der Waals surface area contributed by atoms with Crippen molar-refractivity contribution in [3.63, 3.8) is 0 Å². The third-order valence-electron chi connectivity index (χ3n) is 4.56. The number of nitrogens with zero attached hydrogens (tertiary/aromatic N) is 1. The third kappa shape index (κ3) is 2.96. The van der Waals surface area contributed by atoms with Crippen LogP contribution >= 0.6 is 0 Å². The first-order valence-corrected chi connectivity index (χ1v) is 7.92. The van der Waals surface area contributed by atoms with Gasteiger partial charge in [0.1, 0.15) is 18.5 Å². The van der Waals surface area contributed by atoms with Crippen LogP contribution in [0.25, 0.3) is 0 Å². The second-order valence-electron chi connectivity index (χ2n) is 6.11. The Labute approximate surface area is 139 Å². The molecule has 126 valence electrons. The summed E-state index contributed by atoms with van der Waals surface area (Å²) in [6.45, 7) is 1.46. The molecule has 2 aliphatic rings. The number of imide groups is 1. The Morgan fingerprint density at radius 2 is 1.71 bits per heavy atom. The largest absolute Gasteiger partial charge is 0.459 e. The van der Waals surface area contributed by atoms with E-state index < -0.39 is 12.0 Å². The minimum atomic E-state index is -0.962. The number of hydrogen-bond acceptors (Lipinski definition) is 4. The van der Waals surface area contributed by atoms with Crippen molar-refractivity contribution in [3.05, 3.63) is 47.8 Å². The Kier molecular flexibility index (Phi) is 4.46. The monoisotopic (exact) mass is 331 g/mol. The zero-order valence-corrected chi connectivity index (χ0v) is 13.3. The highest BCUT2D eigenvalue weighted by Crippen LogP contribution is 2.36. The maximum Gasteiger partial charge on any atom is 0.329 e. The highest BCUT2D eigenvalue weighted by atomic mass is 19.1. The molecule has 1 heterocycles. The molecule has 1 saturated heterocycles. The Bertz CT molecular complexity index is 671. The van der Waals surface area contributed by atoms with Gasteiger partial charge >= 0.3 is 5.97 Å². The third-order valence-corrected chi connectivity index (χ3v) is 4.56. The van der Waals surface area contributed by atoms with Crippen molar-refractivity contribution in [2.24, 2.45) is 11.8 Å². The van der Waals surface area contributed by atoms with Crippen LogP contribution in [-0.2, 0) is 25.7 Å². The van der Waals surface area contributed by atoms with Gasteiger partial charge in [-0.3, -0.25) is 14.5 Å². The molecule has 0 N–H and O–H groups in total. The van der Waals surface area contributed by atoms with Crippen LogP contribution in [0, 0.1) is 17.7 Å². The minimum absolute atomic E-state index is 0.0336. The van der Waals surface area contributed by atoms with Crippen LogP contribution in [0.15, 0.2) is 36.4 Å². The van der Waals surface area contributed by atoms with E-state index in [-0.39, 0.29) is 36.1 Å². The lowest BCUT2D eigenvalue weighted by molar-refractivity contribution is -0.159. The van der Waals surface area contributed by atoms with Crippen molar-refractivity contribution in [1.82, 2.24) is 4.90 Å². The summed E-state index contributed by atoms with van der Waals surface area (Å²) in [5, 5.41) is 0. The summed E-state index contributed by atoms with van der Waals surface area (Å²) in [7, 11) is 0. The number of halogens is 1. The molecule has 5 nitrogen and oxygen atoms in total. The highest BCUT2D eigenvalue weighted by molar-refractivity contribution is 6.08. The zero-order chi connectivity index (χ0) is 17.3. The number of benzene rings is 1. The van der Waals surface area contributed by atoms with Crippen molar-refractivity contribution in [1.29, 1.82) is 0 Å². The number of carbonyl (C=O) groups is 3. The first kappa shape index (κ1) is 16.4. The van der Waals surface area contributed by atoms with Gasteiger partial charge in [-0.15, -0.1) is 0 Å². The molecule has 1 fully saturated rings. The quantitative estimate of drug-likeness (QED) is 0.482. The van der Waals surface area contributed by atoms with Gasteiger partial charge in [-0.05, 0) is 37.5 Å². The summed E-state index contributed by atoms with van der Waals surface area (Å²) in [5.41, 5.74) is 0.633. The molecule has 1 aliphatic heterocycles. The summed E-state index contributed by atoms with van der Waals surface area (Å²) in [4.78, 5) is 38.1. The maximum atomic E-state index is 12.9. The Morgan fingerprint density at radius 3 is 2.25 bits per heavy atom. The fourth-order valence-electron chi connectivity index (χ4n) is 3.17. The number of likely N-dealkylation sites (tertiary alicyclic amines) is 1. The molecule has 0 aromatic heterocycles. The van der Waals surface area contributed by atoms with E-state index in [1.807, 2.05) is 12.2 Å². The summed E-state index contributed by atoms with van der Waals surface area (Å²) in [5.74, 6) is -2.36. The van der Waals surface area contributed by atoms with Crippen LogP contribution in [0.4, 0.5) is 4.39 Å². The van der Waals surface area contributed by atoms with Crippen molar-refractivity contribution in [3.8, 4) is 0 Å². The standard InChI is InChI=1S/C18H18FNO4/c1-11(18(23)24-10-12-6-8-13(19)9-7-12)20-16(21)14-4-2-3-5-15(14)17(20)22/h2-3,6-9,11,14-15H,4-5,10H2,1H3/t11-,14+,15+/m0/s1. The summed E-state index contributed by atoms with van der Waals surface area (Å²) in [6.07, 6.45) is 4.85. The predicted octanol–water partition coefficient (Wildman–Crippen LogP) is 2.21. The van der Waals surface area contributed by atoms with Gasteiger partial charge in [0.25, 0.3) is 0 Å². The van der Waals surface area contributed by atoms with E-state index in [2.05, 4.69) is 0 Å². The number of amides is 2. The van der Waals surface area contributed by atoms with Crippen molar-refractivity contribution in [2.45, 2.75) is 32.4 Å². The van der Waals surface area contributed by atoms with E-state index in [1.54, 1.807) is 0 Å². The first-order valence-electron chi connectivity index (χ1n) is 7.92. The van der Waals surface area contributed by atoms with Gasteiger partial charge in [-0.1, -0.05) is 24.3 Å². The number of carbonyl (C=O) groups excluding carboxylic acids is 3. The van der Waals surface area contributed by atoms with Crippen LogP contribution in [0.3, 0.4) is 0 Å². The van der Waals surface area contributed by atoms with E-state index in [9.17, 15) is 18.8 Å². The van der Waals surface area contributed by atoms with Crippen LogP contribution in [0.1, 0.15) is 25.3 Å². The molecule has 24 heavy (non-hydrogen) atoms. The summed E-state index contributed by atoms with van der Waals surface area (Å²) in [6, 6.07) is 4.62. The Hall–Kier alpha value is -2.50. The smallest absolute Gasteiger partial charge is 0.329 e. The number of allylic oxidation sites excluding steroid dienone is 2. The molecule has 1 aromatic carbocycles. The molecule has 1 aromatic rings. The fraction of sp³-hybridized carbons (Fsp3) is 0.389. The number of hydrogen-bond donors (Lipinski definition) is 0. The number of ether oxygens (including phenoxy) is 1. The van der Waals surface area contributed by atoms with Crippen molar-refractivity contribution >= 4 is 17.8 Å². The summed E-state index contributed by atoms with van der Waals surface area (Å²) >= 11 is 0. The molecular formula is C18H18FNO4. The number of fused-ring (bicyclic) bond motifs is 1. The second kappa shape index (κ2) is 6.55. The zero-order valence-electron chi connectivity index (χ0n) is 13.3. The van der Waals surface area contributed by atoms with E-state index in [0.717, 1.165) is 4.90 Å². The lowest BCUT2D eigenvalue weighted by Crippen LogP contribution is -2.44. The second-order valence-corrected chi connectivity index (χ2v) is 6.11. The fourth-order valence-corrected chi connectivity index (χ4v) is 3.17. The van der Waals surface area contributed by atoms with Crippen LogP contribution in [0.2, 0.25) is 0 Å². The maximum absolute atomic E-state index is 12.9. The van der Waals surface area contributed by atoms with Gasteiger partial charge in [0.05, 0.1) is 11.8 Å². The molecule has 0 bridgehead atoms. The van der Waals surface area contributed by atoms with E-state index >= 15 is 0 Å². The lowest BCUT2D eigenvalue weighted by Gasteiger charge is -2.21. The average molecular weight is 331 g/mol. The van der Waals surface area contributed by atoms with Gasteiger partial charge in [-0.2, -0.15) is 0 Å². The normalized spacial score (nSPS) is 24.0. The van der Waals surface area contributed by atoms with Crippen LogP contribution in [0.5, 0.6) is 0 Å². The average Bonchev–Trinajstić information content (AvgIpc) is 2.85. The molecule has 0 saturated carbocycles. The first-order chi connectivity index (χ1) is 11.5. The van der Waals surface area contributed by atoms with Crippen LogP contribution in [-0.4, -0.2) is 28.7 Å². The van der Waals surface area contributed by atoms with Crippen molar-refractivity contribution < 1.29 is 23.5 Å². The molecule has 2 amide bonds. The van der Waals surface area contributed by atoms with Crippen molar-refractivity contribution in [2.75, 3.05) is 0 Å². The van der Waals surface area contributed by atoms with Gasteiger partial charge < -0.3 is 4.74 Å². The summed E-state index contributed by atoms with van der Waals surface area (Å²) < 4.78 is 18.0. The molecule has 3 rings (SSSR count). The van der Waals surface area contributed by atoms with Gasteiger partial charge in [0, 0.05) is 0 Å².